The van der Waals surface area contributed by atoms with E-state index in [-0.39, 0.29) is 33.5 Å². The summed E-state index contributed by atoms with van der Waals surface area (Å²) < 4.78 is 77.8. The molecule has 49 heavy (non-hydrogen) atoms. The summed E-state index contributed by atoms with van der Waals surface area (Å²) in [5, 5.41) is 19.7. The molecule has 11 nitrogen and oxygen atoms in total. The van der Waals surface area contributed by atoms with Gasteiger partial charge < -0.3 is 14.9 Å². The number of halogens is 1. The van der Waals surface area contributed by atoms with Gasteiger partial charge in [-0.2, -0.15) is 0 Å². The van der Waals surface area contributed by atoms with Crippen LogP contribution in [0.4, 0.5) is 15.8 Å². The first kappa shape index (κ1) is 36.9. The Morgan fingerprint density at radius 3 is 1.53 bits per heavy atom. The Labute approximate surface area is 285 Å². The van der Waals surface area contributed by atoms with E-state index in [2.05, 4.69) is 0 Å². The van der Waals surface area contributed by atoms with Crippen LogP contribution in [0, 0.1) is 47.4 Å². The summed E-state index contributed by atoms with van der Waals surface area (Å²) in [5.74, 6) is -3.73. The number of ether oxygens (including phenoxy) is 1. The van der Waals surface area contributed by atoms with Crippen molar-refractivity contribution in [2.45, 2.75) is 57.9 Å². The Hall–Kier alpha value is -4.95. The molecular weight excluding hydrogens is 676 g/mol. The van der Waals surface area contributed by atoms with Crippen molar-refractivity contribution in [1.82, 2.24) is 0 Å². The first-order valence-corrected chi connectivity index (χ1v) is 17.9. The van der Waals surface area contributed by atoms with Gasteiger partial charge in [-0.25, -0.2) is 21.2 Å². The van der Waals surface area contributed by atoms with Crippen molar-refractivity contribution < 1.29 is 45.8 Å². The van der Waals surface area contributed by atoms with Gasteiger partial charge in [-0.15, -0.1) is 0 Å². The zero-order chi connectivity index (χ0) is 36.4. The second kappa shape index (κ2) is 14.3. The van der Waals surface area contributed by atoms with Gasteiger partial charge in [0.1, 0.15) is 31.3 Å². The van der Waals surface area contributed by atoms with E-state index < -0.39 is 50.9 Å². The van der Waals surface area contributed by atoms with Gasteiger partial charge in [0.2, 0.25) is 0 Å². The van der Waals surface area contributed by atoms with Crippen molar-refractivity contribution >= 4 is 43.4 Å². The number of benzene rings is 4. The highest BCUT2D eigenvalue weighted by atomic mass is 32.2. The number of anilines is 2. The number of sulfonamides is 2. The summed E-state index contributed by atoms with van der Waals surface area (Å²) in [4.78, 5) is 24.0. The number of carboxylic acids is 2. The predicted molar refractivity (Wildman–Crippen MR) is 183 cm³/mol. The molecule has 0 radical (unpaired) electrons. The summed E-state index contributed by atoms with van der Waals surface area (Å²) in [6.45, 7) is 7.67. The number of aryl methyl sites for hydroxylation is 6. The first-order valence-electron chi connectivity index (χ1n) is 15.0. The van der Waals surface area contributed by atoms with Crippen molar-refractivity contribution in [3.63, 3.8) is 0 Å². The van der Waals surface area contributed by atoms with Gasteiger partial charge in [-0.1, -0.05) is 47.5 Å². The second-order valence-corrected chi connectivity index (χ2v) is 15.4. The maximum atomic E-state index is 14.3. The number of nitrogens with zero attached hydrogens (tertiary/aromatic N) is 2. The summed E-state index contributed by atoms with van der Waals surface area (Å²) in [7, 11) is -9.11. The third-order valence-electron chi connectivity index (χ3n) is 7.67. The van der Waals surface area contributed by atoms with Crippen LogP contribution >= 0.6 is 0 Å². The number of hydrogen-bond acceptors (Lipinski definition) is 7. The molecule has 0 amide bonds. The quantitative estimate of drug-likeness (QED) is 0.174. The smallest absolute Gasteiger partial charge is 0.324 e. The van der Waals surface area contributed by atoms with Crippen LogP contribution < -0.4 is 13.3 Å². The van der Waals surface area contributed by atoms with Gasteiger partial charge in [-0.3, -0.25) is 18.2 Å². The number of hydrogen-bond donors (Lipinski definition) is 2. The van der Waals surface area contributed by atoms with E-state index in [0.717, 1.165) is 17.2 Å². The average molecular weight is 713 g/mol. The van der Waals surface area contributed by atoms with Gasteiger partial charge in [0.25, 0.3) is 20.0 Å². The summed E-state index contributed by atoms with van der Waals surface area (Å²) in [6, 6.07) is 15.4. The number of aliphatic carboxylic acids is 2. The van der Waals surface area contributed by atoms with Crippen molar-refractivity contribution in [2.24, 2.45) is 0 Å². The standard InChI is InChI=1S/C35H37FN2O9S2/c1-21-13-23(3)34(24(4)14-21)48(43,44)37(18-32(39)40)29-11-12-30(31(17-29)47-20-27-7-9-28(36)10-8-27)38(19-33(41)42)49(45,46)35-25(5)15-22(2)16-26(35)6/h7-17H,18-20H2,1-6H3,(H,39,40)(H,41,42). The molecule has 0 saturated carbocycles. The molecule has 4 aromatic carbocycles. The highest BCUT2D eigenvalue weighted by Gasteiger charge is 2.35. The molecule has 0 aliphatic heterocycles. The molecule has 0 unspecified atom stereocenters. The minimum Gasteiger partial charge on any atom is -0.487 e. The van der Waals surface area contributed by atoms with Crippen LogP contribution in [0.1, 0.15) is 38.9 Å². The summed E-state index contributed by atoms with van der Waals surface area (Å²) in [5.41, 5.74) is 3.15. The van der Waals surface area contributed by atoms with E-state index in [0.29, 0.717) is 36.4 Å². The number of carboxylic acid groups (broad SMARTS) is 2. The minimum atomic E-state index is -4.58. The van der Waals surface area contributed by atoms with Gasteiger partial charge >= 0.3 is 11.9 Å². The van der Waals surface area contributed by atoms with Gasteiger partial charge in [0.15, 0.2) is 0 Å². The fourth-order valence-corrected chi connectivity index (χ4v) is 9.62. The molecule has 0 saturated heterocycles. The lowest BCUT2D eigenvalue weighted by Crippen LogP contribution is -2.38. The Kier molecular flexibility index (Phi) is 10.7. The van der Waals surface area contributed by atoms with Crippen LogP contribution in [0.3, 0.4) is 0 Å². The lowest BCUT2D eigenvalue weighted by Gasteiger charge is -2.29. The molecule has 0 heterocycles. The van der Waals surface area contributed by atoms with Crippen LogP contribution in [0.15, 0.2) is 76.5 Å². The van der Waals surface area contributed by atoms with Crippen molar-refractivity contribution in [3.8, 4) is 5.75 Å². The molecule has 260 valence electrons. The Morgan fingerprint density at radius 2 is 1.08 bits per heavy atom. The normalized spacial score (nSPS) is 11.7. The Balaban J connectivity index is 1.97. The van der Waals surface area contributed by atoms with Crippen LogP contribution in [0.2, 0.25) is 0 Å². The molecule has 2 N–H and O–H groups in total. The van der Waals surface area contributed by atoms with Crippen molar-refractivity contribution in [1.29, 1.82) is 0 Å². The summed E-state index contributed by atoms with van der Waals surface area (Å²) >= 11 is 0. The molecule has 0 spiro atoms. The Morgan fingerprint density at radius 1 is 0.653 bits per heavy atom. The van der Waals surface area contributed by atoms with E-state index >= 15 is 0 Å². The molecule has 0 fully saturated rings. The van der Waals surface area contributed by atoms with Crippen molar-refractivity contribution in [2.75, 3.05) is 21.7 Å². The molecule has 0 aliphatic carbocycles. The highest BCUT2D eigenvalue weighted by Crippen LogP contribution is 2.39. The molecule has 4 rings (SSSR count). The van der Waals surface area contributed by atoms with Gasteiger partial charge in [0.05, 0.1) is 21.2 Å². The molecule has 14 heteroatoms. The van der Waals surface area contributed by atoms with Crippen LogP contribution in [0.25, 0.3) is 0 Å². The van der Waals surface area contributed by atoms with Gasteiger partial charge in [-0.05, 0) is 93.6 Å². The zero-order valence-electron chi connectivity index (χ0n) is 27.8. The zero-order valence-corrected chi connectivity index (χ0v) is 29.4. The van der Waals surface area contributed by atoms with Crippen LogP contribution in [-0.2, 0) is 36.2 Å². The molecule has 4 aromatic rings. The largest absolute Gasteiger partial charge is 0.487 e. The van der Waals surface area contributed by atoms with Crippen molar-refractivity contribution in [3.05, 3.63) is 111 Å². The molecule has 0 aromatic heterocycles. The molecule has 0 atom stereocenters. The maximum absolute atomic E-state index is 14.3. The summed E-state index contributed by atoms with van der Waals surface area (Å²) in [6.07, 6.45) is 0. The number of rotatable bonds is 13. The van der Waals surface area contributed by atoms with Crippen LogP contribution in [0.5, 0.6) is 5.75 Å². The Bertz CT molecular complexity index is 2100. The molecule has 0 aliphatic rings. The third-order valence-corrected chi connectivity index (χ3v) is 11.8. The lowest BCUT2D eigenvalue weighted by atomic mass is 10.1. The third kappa shape index (κ3) is 8.03. The average Bonchev–Trinajstić information content (AvgIpc) is 2.96. The number of carbonyl (C=O) groups is 2. The SMILES string of the molecule is Cc1cc(C)c(S(=O)(=O)N(CC(=O)O)c2ccc(N(CC(=O)O)S(=O)(=O)c3c(C)cc(C)cc3C)c(OCc3ccc(F)cc3)c2)c(C)c1. The minimum absolute atomic E-state index is 0.0994. The highest BCUT2D eigenvalue weighted by molar-refractivity contribution is 7.93. The fourth-order valence-electron chi connectivity index (χ4n) is 5.95. The molecular formula is C35H37FN2O9S2. The van der Waals surface area contributed by atoms with Crippen LogP contribution in [-0.4, -0.2) is 52.1 Å². The van der Waals surface area contributed by atoms with E-state index in [1.807, 2.05) is 0 Å². The first-order chi connectivity index (χ1) is 22.8. The van der Waals surface area contributed by atoms with E-state index in [1.54, 1.807) is 65.8 Å². The fraction of sp³-hybridized carbons (Fsp3) is 0.257. The maximum Gasteiger partial charge on any atom is 0.324 e. The topological polar surface area (TPSA) is 159 Å². The monoisotopic (exact) mass is 712 g/mol. The lowest BCUT2D eigenvalue weighted by molar-refractivity contribution is -0.136. The van der Waals surface area contributed by atoms with Gasteiger partial charge in [0, 0.05) is 6.07 Å². The predicted octanol–water partition coefficient (Wildman–Crippen LogP) is 5.82. The molecule has 0 bridgehead atoms. The van der Waals surface area contributed by atoms with E-state index in [9.17, 15) is 41.0 Å². The van der Waals surface area contributed by atoms with E-state index in [4.69, 9.17) is 4.74 Å². The second-order valence-electron chi connectivity index (χ2n) is 11.8. The van der Waals surface area contributed by atoms with E-state index in [1.165, 1.54) is 36.4 Å².